The van der Waals surface area contributed by atoms with Crippen LogP contribution in [0.4, 0.5) is 0 Å². The second-order valence-electron chi connectivity index (χ2n) is 2.41. The zero-order chi connectivity index (χ0) is 9.35. The largest absolute Gasteiger partial charge is 0.295 e. The van der Waals surface area contributed by atoms with E-state index in [1.54, 1.807) is 19.1 Å². The van der Waals surface area contributed by atoms with Gasteiger partial charge in [0.15, 0.2) is 0 Å². The summed E-state index contributed by atoms with van der Waals surface area (Å²) in [6, 6.07) is 4.73. The van der Waals surface area contributed by atoms with Crippen LogP contribution in [0.5, 0.6) is 0 Å². The monoisotopic (exact) mass is 286 g/mol. The molecule has 0 aliphatic heterocycles. The van der Waals surface area contributed by atoms with Gasteiger partial charge >= 0.3 is 0 Å². The van der Waals surface area contributed by atoms with Crippen LogP contribution in [0.3, 0.4) is 0 Å². The van der Waals surface area contributed by atoms with Crippen LogP contribution < -0.4 is 0 Å². The average Bonchev–Trinajstić information content (AvgIpc) is 1.92. The number of hydrogen-bond acceptors (Lipinski definition) is 2. The lowest BCUT2D eigenvalue weighted by Gasteiger charge is -2.00. The predicted molar refractivity (Wildman–Crippen MR) is 55.9 cm³/mol. The van der Waals surface area contributed by atoms with Gasteiger partial charge in [0.25, 0.3) is 10.1 Å². The second kappa shape index (κ2) is 4.41. The second-order valence-corrected chi connectivity index (χ2v) is 4.65. The van der Waals surface area contributed by atoms with Crippen molar-refractivity contribution in [1.82, 2.24) is 0 Å². The summed E-state index contributed by atoms with van der Waals surface area (Å²) >= 11 is 3.03. The summed E-state index contributed by atoms with van der Waals surface area (Å²) in [4.78, 5) is -0.0949. The highest BCUT2D eigenvalue weighted by Gasteiger charge is 2.13. The van der Waals surface area contributed by atoms with Crippen LogP contribution in [0.2, 0.25) is 0 Å². The van der Waals surface area contributed by atoms with Gasteiger partial charge in [-0.15, -0.1) is 12.4 Å². The highest BCUT2D eigenvalue weighted by molar-refractivity contribution is 9.10. The van der Waals surface area contributed by atoms with Crippen LogP contribution in [0, 0.1) is 6.92 Å². The van der Waals surface area contributed by atoms with Gasteiger partial charge in [0.2, 0.25) is 0 Å². The number of aryl methyl sites for hydroxylation is 1. The topological polar surface area (TPSA) is 54.4 Å². The zero-order valence-corrected chi connectivity index (χ0v) is 9.91. The molecule has 1 aromatic carbocycles. The first-order valence-electron chi connectivity index (χ1n) is 3.15. The van der Waals surface area contributed by atoms with Crippen molar-refractivity contribution < 1.29 is 13.0 Å². The summed E-state index contributed by atoms with van der Waals surface area (Å²) in [6.45, 7) is 1.75. The third-order valence-electron chi connectivity index (χ3n) is 1.36. The van der Waals surface area contributed by atoms with E-state index in [1.165, 1.54) is 6.07 Å². The summed E-state index contributed by atoms with van der Waals surface area (Å²) in [7, 11) is -4.10. The Bertz CT molecular complexity index is 402. The van der Waals surface area contributed by atoms with Crippen molar-refractivity contribution in [1.29, 1.82) is 0 Å². The summed E-state index contributed by atoms with van der Waals surface area (Å²) in [5, 5.41) is 0. The SMILES string of the molecule is Cc1ccc(Br)c(S(=O)(=O)O)c1.Cl. The van der Waals surface area contributed by atoms with Gasteiger partial charge in [0.1, 0.15) is 4.90 Å². The zero-order valence-electron chi connectivity index (χ0n) is 6.69. The van der Waals surface area contributed by atoms with Crippen LogP contribution >= 0.6 is 28.3 Å². The van der Waals surface area contributed by atoms with Crippen molar-refractivity contribution in [2.45, 2.75) is 11.8 Å². The lowest BCUT2D eigenvalue weighted by atomic mass is 10.2. The van der Waals surface area contributed by atoms with Crippen molar-refractivity contribution in [2.24, 2.45) is 0 Å². The molecule has 1 N–H and O–H groups in total. The third kappa shape index (κ3) is 3.27. The number of halogens is 2. The first-order chi connectivity index (χ1) is 5.41. The molecule has 0 saturated carbocycles. The highest BCUT2D eigenvalue weighted by atomic mass is 79.9. The summed E-state index contributed by atoms with van der Waals surface area (Å²) < 4.78 is 30.6. The van der Waals surface area contributed by atoms with Gasteiger partial charge in [0.05, 0.1) is 0 Å². The van der Waals surface area contributed by atoms with Crippen LogP contribution in [-0.2, 0) is 10.1 Å². The van der Waals surface area contributed by atoms with E-state index < -0.39 is 10.1 Å². The molecule has 0 fully saturated rings. The molecule has 0 heterocycles. The Hall–Kier alpha value is -0.100. The molecule has 0 saturated heterocycles. The van der Waals surface area contributed by atoms with E-state index in [0.29, 0.717) is 4.47 Å². The van der Waals surface area contributed by atoms with Crippen LogP contribution in [0.25, 0.3) is 0 Å². The van der Waals surface area contributed by atoms with E-state index >= 15 is 0 Å². The molecule has 6 heteroatoms. The van der Waals surface area contributed by atoms with E-state index in [-0.39, 0.29) is 17.3 Å². The Morgan fingerprint density at radius 3 is 2.31 bits per heavy atom. The molecule has 3 nitrogen and oxygen atoms in total. The molecule has 13 heavy (non-hydrogen) atoms. The fourth-order valence-corrected chi connectivity index (χ4v) is 2.32. The lowest BCUT2D eigenvalue weighted by molar-refractivity contribution is 0.482. The smallest absolute Gasteiger partial charge is 0.282 e. The molecule has 0 spiro atoms. The van der Waals surface area contributed by atoms with Crippen molar-refractivity contribution in [3.8, 4) is 0 Å². The van der Waals surface area contributed by atoms with Crippen LogP contribution in [0.15, 0.2) is 27.6 Å². The van der Waals surface area contributed by atoms with Gasteiger partial charge in [-0.25, -0.2) is 0 Å². The minimum atomic E-state index is -4.10. The molecule has 0 aliphatic rings. The predicted octanol–water partition coefficient (Wildman–Crippen LogP) is 2.43. The molecule has 0 aromatic heterocycles. The molecule has 0 unspecified atom stereocenters. The molecule has 0 aliphatic carbocycles. The first kappa shape index (κ1) is 12.9. The highest BCUT2D eigenvalue weighted by Crippen LogP contribution is 2.22. The van der Waals surface area contributed by atoms with Gasteiger partial charge in [-0.3, -0.25) is 4.55 Å². The van der Waals surface area contributed by atoms with Gasteiger partial charge < -0.3 is 0 Å². The summed E-state index contributed by atoms with van der Waals surface area (Å²) in [5.41, 5.74) is 0.783. The van der Waals surface area contributed by atoms with Crippen molar-refractivity contribution in [3.63, 3.8) is 0 Å². The van der Waals surface area contributed by atoms with Crippen LogP contribution in [-0.4, -0.2) is 13.0 Å². The molecule has 74 valence electrons. The fourth-order valence-electron chi connectivity index (χ4n) is 0.808. The molecule has 0 amide bonds. The van der Waals surface area contributed by atoms with E-state index in [2.05, 4.69) is 15.9 Å². The minimum Gasteiger partial charge on any atom is -0.282 e. The molecule has 0 bridgehead atoms. The maximum Gasteiger partial charge on any atom is 0.295 e. The standard InChI is InChI=1S/C7H7BrO3S.ClH/c1-5-2-3-6(8)7(4-5)12(9,10)11;/h2-4H,1H3,(H,9,10,11);1H. The average molecular weight is 288 g/mol. The van der Waals surface area contributed by atoms with Gasteiger partial charge in [-0.1, -0.05) is 6.07 Å². The number of hydrogen-bond donors (Lipinski definition) is 1. The van der Waals surface area contributed by atoms with E-state index in [1.807, 2.05) is 0 Å². The first-order valence-corrected chi connectivity index (χ1v) is 5.38. The quantitative estimate of drug-likeness (QED) is 0.807. The number of benzene rings is 1. The van der Waals surface area contributed by atoms with Gasteiger partial charge in [0, 0.05) is 4.47 Å². The molecule has 1 rings (SSSR count). The van der Waals surface area contributed by atoms with Crippen LogP contribution in [0.1, 0.15) is 5.56 Å². The van der Waals surface area contributed by atoms with Gasteiger partial charge in [-0.2, -0.15) is 8.42 Å². The summed E-state index contributed by atoms with van der Waals surface area (Å²) in [5.74, 6) is 0. The maximum atomic E-state index is 10.7. The van der Waals surface area contributed by atoms with Gasteiger partial charge in [-0.05, 0) is 40.5 Å². The van der Waals surface area contributed by atoms with E-state index in [0.717, 1.165) is 5.56 Å². The molecule has 1 aromatic rings. The fraction of sp³-hybridized carbons (Fsp3) is 0.143. The maximum absolute atomic E-state index is 10.7. The van der Waals surface area contributed by atoms with Crippen molar-refractivity contribution in [3.05, 3.63) is 28.2 Å². The Labute approximate surface area is 91.4 Å². The Morgan fingerprint density at radius 2 is 1.92 bits per heavy atom. The number of rotatable bonds is 1. The third-order valence-corrected chi connectivity index (χ3v) is 3.21. The Kier molecular flexibility index (Phi) is 4.38. The molecule has 0 atom stereocenters. The Balaban J connectivity index is 0.00000144. The minimum absolute atomic E-state index is 0. The molecule has 0 radical (unpaired) electrons. The van der Waals surface area contributed by atoms with E-state index in [9.17, 15) is 8.42 Å². The van der Waals surface area contributed by atoms with Crippen molar-refractivity contribution in [2.75, 3.05) is 0 Å². The summed E-state index contributed by atoms with van der Waals surface area (Å²) in [6.07, 6.45) is 0. The normalized spacial score (nSPS) is 10.7. The molecular weight excluding hydrogens is 279 g/mol. The Morgan fingerprint density at radius 1 is 1.38 bits per heavy atom. The van der Waals surface area contributed by atoms with E-state index in [4.69, 9.17) is 4.55 Å². The van der Waals surface area contributed by atoms with Crippen molar-refractivity contribution >= 4 is 38.5 Å². The lowest BCUT2D eigenvalue weighted by Crippen LogP contribution is -1.99. The molecular formula is C7H8BrClO3S.